The van der Waals surface area contributed by atoms with Crippen LogP contribution in [0.1, 0.15) is 51.0 Å². The summed E-state index contributed by atoms with van der Waals surface area (Å²) in [6.45, 7) is 2.32. The normalized spacial score (nSPS) is 31.7. The summed E-state index contributed by atoms with van der Waals surface area (Å²) in [6, 6.07) is 9.22. The number of para-hydroxylation sites is 1. The number of rotatable bonds is 5. The standard InChI is InChI=1S/C19H29NO/c1-3-6-14-9-10-18(20-2)16(11-14)13-17-12-15-7-4-5-8-19(15)21-17/h4-5,7-8,14,16-18,20H,3,6,9-13H2,1-2H3. The summed E-state index contributed by atoms with van der Waals surface area (Å²) in [5.41, 5.74) is 1.39. The van der Waals surface area contributed by atoms with Crippen molar-refractivity contribution in [2.24, 2.45) is 11.8 Å². The van der Waals surface area contributed by atoms with Crippen LogP contribution < -0.4 is 10.1 Å². The molecule has 0 aromatic heterocycles. The molecule has 1 aromatic carbocycles. The van der Waals surface area contributed by atoms with Gasteiger partial charge < -0.3 is 10.1 Å². The first-order valence-electron chi connectivity index (χ1n) is 8.72. The molecule has 1 heterocycles. The van der Waals surface area contributed by atoms with Crippen molar-refractivity contribution < 1.29 is 4.74 Å². The largest absolute Gasteiger partial charge is 0.490 e. The Morgan fingerprint density at radius 1 is 1.24 bits per heavy atom. The summed E-state index contributed by atoms with van der Waals surface area (Å²) in [5.74, 6) is 2.83. The highest BCUT2D eigenvalue weighted by molar-refractivity contribution is 5.37. The van der Waals surface area contributed by atoms with Crippen molar-refractivity contribution in [1.29, 1.82) is 0 Å². The molecule has 0 bridgehead atoms. The van der Waals surface area contributed by atoms with Gasteiger partial charge in [-0.2, -0.15) is 0 Å². The summed E-state index contributed by atoms with van der Waals surface area (Å²) < 4.78 is 6.17. The van der Waals surface area contributed by atoms with E-state index in [1.807, 2.05) is 0 Å². The lowest BCUT2D eigenvalue weighted by Gasteiger charge is -2.37. The fourth-order valence-corrected chi connectivity index (χ4v) is 4.40. The number of fused-ring (bicyclic) bond motifs is 1. The fourth-order valence-electron chi connectivity index (χ4n) is 4.40. The van der Waals surface area contributed by atoms with Crippen LogP contribution in [0.25, 0.3) is 0 Å². The highest BCUT2D eigenvalue weighted by Gasteiger charge is 2.33. The molecule has 1 aliphatic heterocycles. The predicted molar refractivity (Wildman–Crippen MR) is 87.8 cm³/mol. The highest BCUT2D eigenvalue weighted by Crippen LogP contribution is 2.38. The lowest BCUT2D eigenvalue weighted by Crippen LogP contribution is -2.40. The van der Waals surface area contributed by atoms with Crippen molar-refractivity contribution in [3.63, 3.8) is 0 Å². The van der Waals surface area contributed by atoms with Gasteiger partial charge in [0, 0.05) is 12.5 Å². The number of nitrogens with one attached hydrogen (secondary N) is 1. The summed E-state index contributed by atoms with van der Waals surface area (Å²) >= 11 is 0. The van der Waals surface area contributed by atoms with Gasteiger partial charge in [-0.1, -0.05) is 38.0 Å². The molecule has 21 heavy (non-hydrogen) atoms. The van der Waals surface area contributed by atoms with Crippen LogP contribution in [0.4, 0.5) is 0 Å². The highest BCUT2D eigenvalue weighted by atomic mass is 16.5. The van der Waals surface area contributed by atoms with Gasteiger partial charge in [0.15, 0.2) is 0 Å². The van der Waals surface area contributed by atoms with Gasteiger partial charge in [0.1, 0.15) is 11.9 Å². The van der Waals surface area contributed by atoms with E-state index >= 15 is 0 Å². The topological polar surface area (TPSA) is 21.3 Å². The van der Waals surface area contributed by atoms with Gasteiger partial charge >= 0.3 is 0 Å². The van der Waals surface area contributed by atoms with E-state index in [2.05, 4.69) is 43.6 Å². The minimum absolute atomic E-state index is 0.392. The molecule has 1 saturated carbocycles. The molecule has 2 nitrogen and oxygen atoms in total. The Kier molecular flexibility index (Phi) is 4.84. The van der Waals surface area contributed by atoms with Crippen LogP contribution in [0.5, 0.6) is 5.75 Å². The first-order chi connectivity index (χ1) is 10.3. The van der Waals surface area contributed by atoms with Gasteiger partial charge in [0.05, 0.1) is 0 Å². The van der Waals surface area contributed by atoms with Crippen molar-refractivity contribution in [3.8, 4) is 5.75 Å². The molecule has 2 heteroatoms. The molecule has 0 spiro atoms. The van der Waals surface area contributed by atoms with Crippen LogP contribution in [-0.2, 0) is 6.42 Å². The minimum Gasteiger partial charge on any atom is -0.490 e. The number of ether oxygens (including phenoxy) is 1. The van der Waals surface area contributed by atoms with Crippen LogP contribution in [0.3, 0.4) is 0 Å². The molecule has 1 N–H and O–H groups in total. The molecule has 1 fully saturated rings. The van der Waals surface area contributed by atoms with Gasteiger partial charge in [-0.05, 0) is 56.2 Å². The molecule has 3 rings (SSSR count). The van der Waals surface area contributed by atoms with Crippen molar-refractivity contribution in [3.05, 3.63) is 29.8 Å². The van der Waals surface area contributed by atoms with Crippen molar-refractivity contribution in [1.82, 2.24) is 5.32 Å². The maximum atomic E-state index is 6.17. The zero-order valence-corrected chi connectivity index (χ0v) is 13.5. The van der Waals surface area contributed by atoms with Crippen molar-refractivity contribution >= 4 is 0 Å². The molecule has 1 aromatic rings. The molecule has 0 radical (unpaired) electrons. The van der Waals surface area contributed by atoms with E-state index in [0.29, 0.717) is 12.1 Å². The molecule has 116 valence electrons. The molecule has 0 amide bonds. The number of benzene rings is 1. The molecule has 0 saturated heterocycles. The summed E-state index contributed by atoms with van der Waals surface area (Å²) in [6.07, 6.45) is 9.56. The summed E-state index contributed by atoms with van der Waals surface area (Å²) in [7, 11) is 2.13. The molecule has 1 aliphatic carbocycles. The van der Waals surface area contributed by atoms with Crippen LogP contribution in [0.2, 0.25) is 0 Å². The zero-order valence-electron chi connectivity index (χ0n) is 13.5. The van der Waals surface area contributed by atoms with E-state index in [1.165, 1.54) is 44.1 Å². The Morgan fingerprint density at radius 3 is 2.86 bits per heavy atom. The molecular formula is C19H29NO. The van der Waals surface area contributed by atoms with E-state index in [0.717, 1.165) is 24.0 Å². The molecular weight excluding hydrogens is 258 g/mol. The van der Waals surface area contributed by atoms with Crippen LogP contribution in [0.15, 0.2) is 24.3 Å². The van der Waals surface area contributed by atoms with Crippen molar-refractivity contribution in [2.75, 3.05) is 7.05 Å². The predicted octanol–water partition coefficient (Wildman–Crippen LogP) is 4.18. The third-order valence-electron chi connectivity index (χ3n) is 5.44. The quantitative estimate of drug-likeness (QED) is 0.877. The summed E-state index contributed by atoms with van der Waals surface area (Å²) in [4.78, 5) is 0. The maximum absolute atomic E-state index is 6.17. The van der Waals surface area contributed by atoms with Crippen LogP contribution in [-0.4, -0.2) is 19.2 Å². The smallest absolute Gasteiger partial charge is 0.123 e. The first-order valence-corrected chi connectivity index (χ1v) is 8.72. The maximum Gasteiger partial charge on any atom is 0.123 e. The van der Waals surface area contributed by atoms with E-state index in [1.54, 1.807) is 0 Å². The third-order valence-corrected chi connectivity index (χ3v) is 5.44. The third kappa shape index (κ3) is 3.42. The van der Waals surface area contributed by atoms with Gasteiger partial charge in [-0.3, -0.25) is 0 Å². The van der Waals surface area contributed by atoms with Gasteiger partial charge in [0.25, 0.3) is 0 Å². The Hall–Kier alpha value is -1.02. The van der Waals surface area contributed by atoms with Gasteiger partial charge in [-0.25, -0.2) is 0 Å². The van der Waals surface area contributed by atoms with Crippen molar-refractivity contribution in [2.45, 2.75) is 64.0 Å². The number of hydrogen-bond acceptors (Lipinski definition) is 2. The van der Waals surface area contributed by atoms with E-state index < -0.39 is 0 Å². The Balaban J connectivity index is 1.60. The molecule has 4 atom stereocenters. The average molecular weight is 287 g/mol. The Labute approximate surface area is 129 Å². The Morgan fingerprint density at radius 2 is 2.10 bits per heavy atom. The van der Waals surface area contributed by atoms with E-state index in [-0.39, 0.29) is 0 Å². The SMILES string of the molecule is CCCC1CCC(NC)C(CC2Cc3ccccc3O2)C1. The van der Waals surface area contributed by atoms with Gasteiger partial charge in [0.2, 0.25) is 0 Å². The minimum atomic E-state index is 0.392. The lowest BCUT2D eigenvalue weighted by molar-refractivity contribution is 0.129. The van der Waals surface area contributed by atoms with Gasteiger partial charge in [-0.15, -0.1) is 0 Å². The average Bonchev–Trinajstić information content (AvgIpc) is 2.90. The monoisotopic (exact) mass is 287 g/mol. The van der Waals surface area contributed by atoms with Crippen LogP contribution in [0, 0.1) is 11.8 Å². The molecule has 4 unspecified atom stereocenters. The van der Waals surface area contributed by atoms with E-state index in [4.69, 9.17) is 4.74 Å². The fraction of sp³-hybridized carbons (Fsp3) is 0.684. The van der Waals surface area contributed by atoms with E-state index in [9.17, 15) is 0 Å². The summed E-state index contributed by atoms with van der Waals surface area (Å²) in [5, 5.41) is 3.56. The molecule has 2 aliphatic rings. The lowest BCUT2D eigenvalue weighted by atomic mass is 9.74. The Bertz CT molecular complexity index is 434. The number of hydrogen-bond donors (Lipinski definition) is 1. The second-order valence-corrected chi connectivity index (χ2v) is 6.91. The van der Waals surface area contributed by atoms with Crippen LogP contribution >= 0.6 is 0 Å². The second-order valence-electron chi connectivity index (χ2n) is 6.91. The second kappa shape index (κ2) is 6.83. The zero-order chi connectivity index (χ0) is 14.7. The first kappa shape index (κ1) is 14.9.